The SMILES string of the molecule is CC(C)C[C@H](NC(=O)[C@@H](NC(=O)[C@H](CC(C)C)NC(=O)[C@@H](NC(=O)[C@H](CCCCN)NC(=O)[C@H](Cc1ccc(O)cc1)NC(=O)CN)C(C)C)C(C)C)C(=O)N[C@@H](CC(N)=O)C(=O)N1CCC[C@H]1C(=O)N[C@@H](CO)C(=O)N[C@H](C(=O)N[C@@H](C)C(=O)N[C@@H](C)C(=O)N[C@H](C(=O)O)[C@@H](C)O)C(C)C. The highest BCUT2D eigenvalue weighted by Crippen LogP contribution is 2.21. The molecule has 101 heavy (non-hydrogen) atoms. The first kappa shape index (κ1) is 88.0. The van der Waals surface area contributed by atoms with Crippen LogP contribution >= 0.6 is 0 Å². The Balaban J connectivity index is 2.33. The summed E-state index contributed by atoms with van der Waals surface area (Å²) in [6.45, 7) is 19.0. The Morgan fingerprint density at radius 2 is 0.911 bits per heavy atom. The van der Waals surface area contributed by atoms with E-state index in [1.54, 1.807) is 67.5 Å². The molecule has 14 atom stereocenters. The van der Waals surface area contributed by atoms with Crippen molar-refractivity contribution in [2.24, 2.45) is 46.8 Å². The lowest BCUT2D eigenvalue weighted by atomic mass is 9.97. The van der Waals surface area contributed by atoms with E-state index in [-0.39, 0.29) is 69.2 Å². The van der Waals surface area contributed by atoms with Crippen LogP contribution in [0.4, 0.5) is 0 Å². The van der Waals surface area contributed by atoms with E-state index < -0.39 is 211 Å². The van der Waals surface area contributed by atoms with E-state index in [2.05, 4.69) is 63.8 Å². The zero-order valence-electron chi connectivity index (χ0n) is 60.1. The summed E-state index contributed by atoms with van der Waals surface area (Å²) in [5.41, 5.74) is 17.5. The molecule has 2 rings (SSSR count). The minimum atomic E-state index is -1.73. The van der Waals surface area contributed by atoms with E-state index in [4.69, 9.17) is 17.2 Å². The monoisotopic (exact) mass is 1430 g/mol. The van der Waals surface area contributed by atoms with Gasteiger partial charge in [-0.05, 0) is 120 Å². The lowest BCUT2D eigenvalue weighted by Gasteiger charge is -2.31. The minimum absolute atomic E-state index is 0.000611. The Hall–Kier alpha value is -9.09. The molecule has 1 aliphatic rings. The average molecular weight is 1430 g/mol. The Labute approximate surface area is 588 Å². The molecule has 1 aromatic carbocycles. The molecule has 1 heterocycles. The molecule has 1 saturated heterocycles. The number of hydrogen-bond acceptors (Lipinski definition) is 20. The number of likely N-dealkylation sites (tertiary alicyclic amines) is 1. The third kappa shape index (κ3) is 29.6. The number of aromatic hydroxyl groups is 1. The smallest absolute Gasteiger partial charge is 0.328 e. The summed E-state index contributed by atoms with van der Waals surface area (Å²) in [6.07, 6.45) is -1.20. The summed E-state index contributed by atoms with van der Waals surface area (Å²) in [5.74, 6) is -16.4. The zero-order chi connectivity index (χ0) is 76.9. The first-order chi connectivity index (χ1) is 47.2. The number of aliphatic hydroxyl groups excluding tert-OH is 2. The average Bonchev–Trinajstić information content (AvgIpc) is 1.76. The maximum atomic E-state index is 14.5. The Morgan fingerprint density at radius 3 is 1.35 bits per heavy atom. The van der Waals surface area contributed by atoms with Gasteiger partial charge in [0.25, 0.3) is 0 Å². The number of hydrogen-bond donors (Lipinski definition) is 19. The molecule has 0 aliphatic carbocycles. The molecule has 0 unspecified atom stereocenters. The van der Waals surface area contributed by atoms with E-state index in [0.717, 1.165) is 11.8 Å². The van der Waals surface area contributed by atoms with Crippen molar-refractivity contribution in [1.29, 1.82) is 0 Å². The predicted molar refractivity (Wildman–Crippen MR) is 367 cm³/mol. The highest BCUT2D eigenvalue weighted by molar-refractivity contribution is 6.01. The molecule has 0 bridgehead atoms. The maximum Gasteiger partial charge on any atom is 0.328 e. The van der Waals surface area contributed by atoms with Crippen molar-refractivity contribution >= 4 is 88.7 Å². The van der Waals surface area contributed by atoms with Crippen molar-refractivity contribution in [3.8, 4) is 5.75 Å². The Bertz CT molecular complexity index is 3020. The molecular weight excluding hydrogens is 1320 g/mol. The van der Waals surface area contributed by atoms with Crippen LogP contribution in [0.5, 0.6) is 5.75 Å². The van der Waals surface area contributed by atoms with Crippen LogP contribution in [0.1, 0.15) is 147 Å². The Kier molecular flexibility index (Phi) is 37.4. The number of nitrogens with one attached hydrogen (secondary N) is 12. The lowest BCUT2D eigenvalue weighted by Crippen LogP contribution is -2.62. The van der Waals surface area contributed by atoms with Crippen LogP contribution in [0.15, 0.2) is 24.3 Å². The molecule has 568 valence electrons. The van der Waals surface area contributed by atoms with E-state index in [1.165, 1.54) is 39.8 Å². The van der Waals surface area contributed by atoms with Gasteiger partial charge in [0.1, 0.15) is 78.3 Å². The number of carbonyl (C=O) groups is 15. The summed E-state index contributed by atoms with van der Waals surface area (Å²) in [5, 5.41) is 69.4. The maximum absolute atomic E-state index is 14.5. The van der Waals surface area contributed by atoms with Crippen molar-refractivity contribution in [2.75, 3.05) is 26.2 Å². The van der Waals surface area contributed by atoms with Crippen molar-refractivity contribution in [1.82, 2.24) is 68.7 Å². The molecule has 0 spiro atoms. The third-order valence-corrected chi connectivity index (χ3v) is 16.4. The van der Waals surface area contributed by atoms with E-state index in [0.29, 0.717) is 18.4 Å². The van der Waals surface area contributed by atoms with Gasteiger partial charge < -0.3 is 106 Å². The van der Waals surface area contributed by atoms with Crippen LogP contribution < -0.4 is 81.0 Å². The molecule has 1 aliphatic heterocycles. The van der Waals surface area contributed by atoms with Crippen LogP contribution in [-0.4, -0.2) is 225 Å². The molecule has 1 fully saturated rings. The second-order valence-electron chi connectivity index (χ2n) is 27.3. The fourth-order valence-corrected chi connectivity index (χ4v) is 10.7. The third-order valence-electron chi connectivity index (χ3n) is 16.4. The standard InChI is InChI=1S/C66H110N16O19/c1-31(2)25-42(57(91)76-45(28-48(69)86)65(99)82-24-16-18-47(82)61(95)77-46(30-83)60(94)80-50(33(5)6)62(96)71-36(11)54(88)70-37(12)55(89)81-53(38(13)84)66(100)101)74-64(98)52(35(9)10)79-59(93)43(26-32(3)4)75-63(97)51(34(7)8)78-56(90)41(17-14-15-23-67)73-58(92)44(72-49(87)29-68)27-39-19-21-40(85)22-20-39/h19-22,31-38,41-47,50-53,83-85H,14-18,23-30,67-68H2,1-13H3,(H2,69,86)(H,70,88)(H,71,96)(H,72,87)(H,73,92)(H,74,98)(H,75,97)(H,76,91)(H,77,95)(H,78,90)(H,79,93)(H,80,94)(H,81,89)(H,100,101)/t36-,37-,38+,41-,42-,43-,44-,45-,46-,47-,50-,51-,52-,53-/m0/s1. The normalized spacial score (nSPS) is 16.8. The van der Waals surface area contributed by atoms with Gasteiger partial charge in [0.15, 0.2) is 6.04 Å². The molecule has 0 radical (unpaired) electrons. The number of carboxylic acids is 1. The second-order valence-corrected chi connectivity index (χ2v) is 27.3. The van der Waals surface area contributed by atoms with Gasteiger partial charge in [0, 0.05) is 13.0 Å². The largest absolute Gasteiger partial charge is 0.508 e. The summed E-state index contributed by atoms with van der Waals surface area (Å²) in [6, 6.07) is -12.5. The van der Waals surface area contributed by atoms with Gasteiger partial charge >= 0.3 is 5.97 Å². The molecule has 35 nitrogen and oxygen atoms in total. The number of amides is 14. The fraction of sp³-hybridized carbons (Fsp3) is 0.682. The van der Waals surface area contributed by atoms with Crippen molar-refractivity contribution in [3.05, 3.63) is 29.8 Å². The number of aliphatic hydroxyl groups is 2. The summed E-state index contributed by atoms with van der Waals surface area (Å²) in [7, 11) is 0. The number of primary amides is 1. The number of aliphatic carboxylic acids is 1. The summed E-state index contributed by atoms with van der Waals surface area (Å²) < 4.78 is 0. The molecule has 1 aromatic rings. The van der Waals surface area contributed by atoms with E-state index >= 15 is 0 Å². The highest BCUT2D eigenvalue weighted by atomic mass is 16.4. The molecule has 35 heteroatoms. The number of benzene rings is 1. The fourth-order valence-electron chi connectivity index (χ4n) is 10.7. The highest BCUT2D eigenvalue weighted by Gasteiger charge is 2.42. The van der Waals surface area contributed by atoms with Crippen LogP contribution in [0.25, 0.3) is 0 Å². The van der Waals surface area contributed by atoms with Gasteiger partial charge in [0.05, 0.1) is 25.7 Å². The van der Waals surface area contributed by atoms with Crippen molar-refractivity contribution < 1.29 is 92.3 Å². The molecule has 0 saturated carbocycles. The summed E-state index contributed by atoms with van der Waals surface area (Å²) in [4.78, 5) is 204. The van der Waals surface area contributed by atoms with Gasteiger partial charge in [-0.25, -0.2) is 4.79 Å². The number of carbonyl (C=O) groups excluding carboxylic acids is 14. The van der Waals surface area contributed by atoms with Gasteiger partial charge in [-0.3, -0.25) is 67.1 Å². The van der Waals surface area contributed by atoms with Gasteiger partial charge in [-0.2, -0.15) is 0 Å². The number of rotatable bonds is 43. The minimum Gasteiger partial charge on any atom is -0.508 e. The first-order valence-corrected chi connectivity index (χ1v) is 34.1. The number of unbranched alkanes of at least 4 members (excludes halogenated alkanes) is 1. The number of nitrogens with two attached hydrogens (primary N) is 3. The number of carboxylic acid groups (broad SMARTS) is 1. The van der Waals surface area contributed by atoms with E-state index in [1.807, 2.05) is 0 Å². The zero-order valence-corrected chi connectivity index (χ0v) is 60.1. The number of nitrogens with zero attached hydrogens (tertiary/aromatic N) is 1. The van der Waals surface area contributed by atoms with Gasteiger partial charge in [0.2, 0.25) is 82.7 Å². The molecule has 0 aromatic heterocycles. The molecular formula is C66H110N16O19. The van der Waals surface area contributed by atoms with Crippen LogP contribution in [-0.2, 0) is 78.3 Å². The quantitative estimate of drug-likeness (QED) is 0.0273. The van der Waals surface area contributed by atoms with Crippen molar-refractivity contribution in [3.63, 3.8) is 0 Å². The lowest BCUT2D eigenvalue weighted by molar-refractivity contribution is -0.145. The first-order valence-electron chi connectivity index (χ1n) is 34.1. The van der Waals surface area contributed by atoms with Crippen LogP contribution in [0, 0.1) is 29.6 Å². The van der Waals surface area contributed by atoms with Gasteiger partial charge in [-0.1, -0.05) is 81.4 Å². The molecule has 22 N–H and O–H groups in total. The van der Waals surface area contributed by atoms with Crippen LogP contribution in [0.2, 0.25) is 0 Å². The summed E-state index contributed by atoms with van der Waals surface area (Å²) >= 11 is 0. The topological polar surface area (TPSA) is 563 Å². The number of phenolic OH excluding ortho intramolecular Hbond substituents is 1. The van der Waals surface area contributed by atoms with Crippen LogP contribution in [0.3, 0.4) is 0 Å². The number of phenols is 1. The van der Waals surface area contributed by atoms with E-state index in [9.17, 15) is 92.3 Å². The van der Waals surface area contributed by atoms with Gasteiger partial charge in [-0.15, -0.1) is 0 Å². The van der Waals surface area contributed by atoms with Crippen molar-refractivity contribution in [2.45, 2.75) is 232 Å². The Morgan fingerprint density at radius 1 is 0.495 bits per heavy atom. The predicted octanol–water partition coefficient (Wildman–Crippen LogP) is -4.74. The molecule has 14 amide bonds. The second kappa shape index (κ2) is 42.9.